The molecule has 2 aromatic heterocycles. The van der Waals surface area contributed by atoms with Crippen molar-refractivity contribution in [1.29, 1.82) is 0 Å². The van der Waals surface area contributed by atoms with Gasteiger partial charge in [-0.15, -0.1) is 0 Å². The molecule has 0 aliphatic carbocycles. The first-order valence-corrected chi connectivity index (χ1v) is 4.52. The zero-order valence-corrected chi connectivity index (χ0v) is 7.53. The highest BCUT2D eigenvalue weighted by Gasteiger charge is 2.10. The lowest BCUT2D eigenvalue weighted by Gasteiger charge is -2.03. The highest BCUT2D eigenvalue weighted by atomic mass is 32.1. The molecule has 2 rings (SSSR count). The minimum absolute atomic E-state index is 0.482. The van der Waals surface area contributed by atoms with Crippen molar-refractivity contribution in [3.05, 3.63) is 29.8 Å². The Morgan fingerprint density at radius 2 is 2.46 bits per heavy atom. The van der Waals surface area contributed by atoms with Gasteiger partial charge in [-0.3, -0.25) is 5.10 Å². The van der Waals surface area contributed by atoms with Crippen LogP contribution in [0.1, 0.15) is 17.4 Å². The standard InChI is InChI=1S/C7H8N4OS/c12-7(5-2-8-9-3-5)1-6-4-10-13-11-6/h2-4,7,12H,1H2,(H,8,9). The third kappa shape index (κ3) is 1.90. The van der Waals surface area contributed by atoms with Gasteiger partial charge in [0, 0.05) is 18.2 Å². The Hall–Kier alpha value is -1.27. The second-order valence-corrected chi connectivity index (χ2v) is 3.21. The second-order valence-electron chi connectivity index (χ2n) is 2.65. The van der Waals surface area contributed by atoms with Crippen LogP contribution >= 0.6 is 11.7 Å². The van der Waals surface area contributed by atoms with Crippen LogP contribution < -0.4 is 0 Å². The SMILES string of the molecule is OC(Cc1cnsn1)c1cn[nH]c1. The number of aromatic nitrogens is 4. The van der Waals surface area contributed by atoms with Crippen LogP contribution in [0.2, 0.25) is 0 Å². The normalized spacial score (nSPS) is 13.0. The van der Waals surface area contributed by atoms with Gasteiger partial charge in [-0.2, -0.15) is 13.8 Å². The Labute approximate surface area is 78.8 Å². The van der Waals surface area contributed by atoms with Crippen LogP contribution in [0.5, 0.6) is 0 Å². The topological polar surface area (TPSA) is 74.7 Å². The monoisotopic (exact) mass is 196 g/mol. The molecule has 0 bridgehead atoms. The van der Waals surface area contributed by atoms with Gasteiger partial charge >= 0.3 is 0 Å². The van der Waals surface area contributed by atoms with Crippen molar-refractivity contribution < 1.29 is 5.11 Å². The predicted octanol–water partition coefficient (Wildman–Crippen LogP) is 0.537. The largest absolute Gasteiger partial charge is 0.388 e. The average molecular weight is 196 g/mol. The first kappa shape index (κ1) is 8.33. The number of nitrogens with one attached hydrogen (secondary N) is 1. The molecule has 1 atom stereocenters. The van der Waals surface area contributed by atoms with Gasteiger partial charge in [-0.05, 0) is 0 Å². The van der Waals surface area contributed by atoms with E-state index in [1.54, 1.807) is 18.6 Å². The Kier molecular flexibility index (Phi) is 2.33. The van der Waals surface area contributed by atoms with E-state index < -0.39 is 6.10 Å². The van der Waals surface area contributed by atoms with E-state index in [0.717, 1.165) is 23.0 Å². The third-order valence-corrected chi connectivity index (χ3v) is 2.23. The summed E-state index contributed by atoms with van der Waals surface area (Å²) in [6.45, 7) is 0. The van der Waals surface area contributed by atoms with Crippen LogP contribution in [-0.2, 0) is 6.42 Å². The molecular weight excluding hydrogens is 188 g/mol. The van der Waals surface area contributed by atoms with Crippen molar-refractivity contribution in [2.75, 3.05) is 0 Å². The van der Waals surface area contributed by atoms with Crippen LogP contribution in [0.15, 0.2) is 18.6 Å². The minimum Gasteiger partial charge on any atom is -0.388 e. The Morgan fingerprint density at radius 1 is 1.54 bits per heavy atom. The van der Waals surface area contributed by atoms with Crippen LogP contribution in [0, 0.1) is 0 Å². The second kappa shape index (κ2) is 3.63. The van der Waals surface area contributed by atoms with E-state index in [1.165, 1.54) is 0 Å². The zero-order chi connectivity index (χ0) is 9.10. The molecule has 5 nitrogen and oxygen atoms in total. The molecule has 2 aromatic rings. The summed E-state index contributed by atoms with van der Waals surface area (Å²) in [4.78, 5) is 0. The Morgan fingerprint density at radius 3 is 3.08 bits per heavy atom. The van der Waals surface area contributed by atoms with Gasteiger partial charge in [0.1, 0.15) is 0 Å². The van der Waals surface area contributed by atoms with Crippen LogP contribution in [0.3, 0.4) is 0 Å². The molecule has 2 N–H and O–H groups in total. The van der Waals surface area contributed by atoms with E-state index in [2.05, 4.69) is 18.9 Å². The maximum absolute atomic E-state index is 9.66. The summed E-state index contributed by atoms with van der Waals surface area (Å²) in [5.74, 6) is 0. The summed E-state index contributed by atoms with van der Waals surface area (Å²) in [6, 6.07) is 0. The molecule has 68 valence electrons. The summed E-state index contributed by atoms with van der Waals surface area (Å²) in [6.07, 6.45) is 4.86. The molecule has 13 heavy (non-hydrogen) atoms. The molecule has 0 aliphatic rings. The van der Waals surface area contributed by atoms with Gasteiger partial charge in [0.25, 0.3) is 0 Å². The van der Waals surface area contributed by atoms with Crippen LogP contribution in [0.25, 0.3) is 0 Å². The first-order chi connectivity index (χ1) is 6.36. The van der Waals surface area contributed by atoms with E-state index in [0.29, 0.717) is 6.42 Å². The lowest BCUT2D eigenvalue weighted by molar-refractivity contribution is 0.177. The van der Waals surface area contributed by atoms with Crippen molar-refractivity contribution in [2.24, 2.45) is 0 Å². The fourth-order valence-corrected chi connectivity index (χ4v) is 1.48. The fraction of sp³-hybridized carbons (Fsp3) is 0.286. The molecule has 0 radical (unpaired) electrons. The molecule has 0 aliphatic heterocycles. The molecule has 0 spiro atoms. The van der Waals surface area contributed by atoms with Gasteiger partial charge in [0.2, 0.25) is 0 Å². The van der Waals surface area contributed by atoms with E-state index in [4.69, 9.17) is 0 Å². The van der Waals surface area contributed by atoms with Gasteiger partial charge in [-0.25, -0.2) is 0 Å². The van der Waals surface area contributed by atoms with E-state index in [9.17, 15) is 5.11 Å². The van der Waals surface area contributed by atoms with E-state index in [1.807, 2.05) is 0 Å². The number of hydrogen-bond donors (Lipinski definition) is 2. The molecule has 0 amide bonds. The predicted molar refractivity (Wildman–Crippen MR) is 47.2 cm³/mol. The highest BCUT2D eigenvalue weighted by Crippen LogP contribution is 2.15. The van der Waals surface area contributed by atoms with Crippen molar-refractivity contribution in [1.82, 2.24) is 18.9 Å². The summed E-state index contributed by atoms with van der Waals surface area (Å²) < 4.78 is 7.86. The number of rotatable bonds is 3. The molecule has 1 unspecified atom stereocenters. The van der Waals surface area contributed by atoms with Gasteiger partial charge in [0.15, 0.2) is 0 Å². The molecule has 0 aromatic carbocycles. The summed E-state index contributed by atoms with van der Waals surface area (Å²) in [5.41, 5.74) is 1.58. The fourth-order valence-electron chi connectivity index (χ4n) is 1.03. The van der Waals surface area contributed by atoms with Crippen molar-refractivity contribution in [2.45, 2.75) is 12.5 Å². The molecule has 2 heterocycles. The Bertz CT molecular complexity index is 344. The quantitative estimate of drug-likeness (QED) is 0.751. The van der Waals surface area contributed by atoms with Crippen LogP contribution in [-0.4, -0.2) is 24.1 Å². The number of aliphatic hydroxyl groups excluding tert-OH is 1. The zero-order valence-electron chi connectivity index (χ0n) is 6.71. The van der Waals surface area contributed by atoms with Crippen molar-refractivity contribution in [3.63, 3.8) is 0 Å². The number of aliphatic hydroxyl groups is 1. The number of hydrogen-bond acceptors (Lipinski definition) is 5. The lowest BCUT2D eigenvalue weighted by atomic mass is 10.1. The minimum atomic E-state index is -0.553. The third-order valence-electron chi connectivity index (χ3n) is 1.71. The smallest absolute Gasteiger partial charge is 0.0876 e. The summed E-state index contributed by atoms with van der Waals surface area (Å²) in [5, 5.41) is 16.1. The van der Waals surface area contributed by atoms with Gasteiger partial charge in [0.05, 0.1) is 35.9 Å². The molecule has 0 fully saturated rings. The summed E-state index contributed by atoms with van der Waals surface area (Å²) >= 11 is 1.14. The number of nitrogens with zero attached hydrogens (tertiary/aromatic N) is 3. The molecular formula is C7H8N4OS. The summed E-state index contributed by atoms with van der Waals surface area (Å²) in [7, 11) is 0. The van der Waals surface area contributed by atoms with Crippen molar-refractivity contribution in [3.8, 4) is 0 Å². The first-order valence-electron chi connectivity index (χ1n) is 3.79. The molecule has 6 heteroatoms. The van der Waals surface area contributed by atoms with Crippen LogP contribution in [0.4, 0.5) is 0 Å². The average Bonchev–Trinajstić information content (AvgIpc) is 2.74. The number of aromatic amines is 1. The number of H-pyrrole nitrogens is 1. The van der Waals surface area contributed by atoms with E-state index >= 15 is 0 Å². The van der Waals surface area contributed by atoms with E-state index in [-0.39, 0.29) is 0 Å². The lowest BCUT2D eigenvalue weighted by Crippen LogP contribution is -2.00. The maximum atomic E-state index is 9.66. The molecule has 0 saturated heterocycles. The van der Waals surface area contributed by atoms with Gasteiger partial charge < -0.3 is 5.11 Å². The highest BCUT2D eigenvalue weighted by molar-refractivity contribution is 6.99. The van der Waals surface area contributed by atoms with Gasteiger partial charge in [-0.1, -0.05) is 0 Å². The maximum Gasteiger partial charge on any atom is 0.0876 e. The Balaban J connectivity index is 2.04. The molecule has 0 saturated carbocycles. The van der Waals surface area contributed by atoms with Crippen molar-refractivity contribution >= 4 is 11.7 Å².